The van der Waals surface area contributed by atoms with Crippen molar-refractivity contribution in [1.29, 1.82) is 0 Å². The Hall–Kier alpha value is -3.00. The van der Waals surface area contributed by atoms with Gasteiger partial charge in [-0.05, 0) is 18.2 Å². The number of H-pyrrole nitrogens is 1. The molecule has 0 amide bonds. The van der Waals surface area contributed by atoms with Gasteiger partial charge in [0.05, 0.1) is 26.2 Å². The van der Waals surface area contributed by atoms with E-state index in [1.54, 1.807) is 12.1 Å². The molecule has 0 atom stereocenters. The van der Waals surface area contributed by atoms with Gasteiger partial charge >= 0.3 is 0 Å². The number of nitro groups is 1. The predicted molar refractivity (Wildman–Crippen MR) is 94.6 cm³/mol. The number of nitrogens with zero attached hydrogens (tertiary/aromatic N) is 3. The van der Waals surface area contributed by atoms with E-state index in [-0.39, 0.29) is 5.69 Å². The number of nitrogens with one attached hydrogen (secondary N) is 2. The third kappa shape index (κ3) is 2.79. The van der Waals surface area contributed by atoms with Crippen molar-refractivity contribution in [2.45, 2.75) is 6.42 Å². The first-order valence-electron chi connectivity index (χ1n) is 7.41. The third-order valence-corrected chi connectivity index (χ3v) is 4.64. The van der Waals surface area contributed by atoms with E-state index in [0.29, 0.717) is 6.54 Å². The smallest absolute Gasteiger partial charge is 0.270 e. The van der Waals surface area contributed by atoms with E-state index in [2.05, 4.69) is 20.3 Å². The summed E-state index contributed by atoms with van der Waals surface area (Å²) < 4.78 is 0.801. The molecule has 0 aliphatic heterocycles. The second-order valence-corrected chi connectivity index (χ2v) is 6.34. The zero-order valence-corrected chi connectivity index (χ0v) is 13.3. The molecular weight excluding hydrogens is 326 g/mol. The maximum Gasteiger partial charge on any atom is 0.270 e. The van der Waals surface area contributed by atoms with E-state index in [9.17, 15) is 10.1 Å². The molecule has 0 saturated heterocycles. The number of para-hydroxylation sites is 2. The van der Waals surface area contributed by atoms with E-state index in [1.165, 1.54) is 17.4 Å². The molecule has 0 saturated carbocycles. The zero-order valence-electron chi connectivity index (χ0n) is 12.5. The van der Waals surface area contributed by atoms with E-state index < -0.39 is 4.92 Å². The third-order valence-electron chi connectivity index (χ3n) is 3.66. The quantitative estimate of drug-likeness (QED) is 0.426. The van der Waals surface area contributed by atoms with Gasteiger partial charge in [0.25, 0.3) is 5.69 Å². The molecule has 0 bridgehead atoms. The highest BCUT2D eigenvalue weighted by molar-refractivity contribution is 7.22. The number of rotatable bonds is 5. The highest BCUT2D eigenvalue weighted by atomic mass is 32.1. The minimum absolute atomic E-state index is 0.0833. The highest BCUT2D eigenvalue weighted by Crippen LogP contribution is 2.29. The lowest BCUT2D eigenvalue weighted by molar-refractivity contribution is -0.384. The molecule has 0 radical (unpaired) electrons. The Balaban J connectivity index is 1.45. The molecule has 2 aromatic heterocycles. The van der Waals surface area contributed by atoms with Gasteiger partial charge in [-0.1, -0.05) is 23.5 Å². The Bertz CT molecular complexity index is 1010. The van der Waals surface area contributed by atoms with Crippen LogP contribution in [0.15, 0.2) is 42.5 Å². The number of thiazole rings is 1. The molecule has 4 rings (SSSR count). The Morgan fingerprint density at radius 2 is 2.04 bits per heavy atom. The van der Waals surface area contributed by atoms with Crippen molar-refractivity contribution < 1.29 is 4.92 Å². The minimum atomic E-state index is -0.395. The summed E-state index contributed by atoms with van der Waals surface area (Å²) >= 11 is 1.41. The molecule has 2 N–H and O–H groups in total. The number of fused-ring (bicyclic) bond motifs is 2. The van der Waals surface area contributed by atoms with Crippen LogP contribution in [0.25, 0.3) is 21.3 Å². The van der Waals surface area contributed by atoms with Crippen molar-refractivity contribution in [3.63, 3.8) is 0 Å². The van der Waals surface area contributed by atoms with Crippen molar-refractivity contribution in [3.05, 3.63) is 58.4 Å². The Morgan fingerprint density at radius 3 is 2.88 bits per heavy atom. The lowest BCUT2D eigenvalue weighted by Crippen LogP contribution is -2.05. The van der Waals surface area contributed by atoms with Gasteiger partial charge in [-0.25, -0.2) is 9.97 Å². The monoisotopic (exact) mass is 339 g/mol. The number of aromatic nitrogens is 3. The van der Waals surface area contributed by atoms with Crippen molar-refractivity contribution in [2.75, 3.05) is 11.9 Å². The lowest BCUT2D eigenvalue weighted by Gasteiger charge is -1.99. The molecular formula is C16H13N5O2S. The van der Waals surface area contributed by atoms with Gasteiger partial charge in [-0.3, -0.25) is 10.1 Å². The highest BCUT2D eigenvalue weighted by Gasteiger charge is 2.10. The van der Waals surface area contributed by atoms with Crippen LogP contribution in [0.4, 0.5) is 10.8 Å². The van der Waals surface area contributed by atoms with E-state index in [4.69, 9.17) is 0 Å². The fraction of sp³-hybridized carbons (Fsp3) is 0.125. The second kappa shape index (κ2) is 5.89. The van der Waals surface area contributed by atoms with E-state index in [0.717, 1.165) is 38.6 Å². The fourth-order valence-corrected chi connectivity index (χ4v) is 3.44. The Morgan fingerprint density at radius 1 is 1.17 bits per heavy atom. The average Bonchev–Trinajstić information content (AvgIpc) is 3.16. The van der Waals surface area contributed by atoms with Crippen molar-refractivity contribution >= 4 is 43.4 Å². The molecule has 0 aliphatic carbocycles. The summed E-state index contributed by atoms with van der Waals surface area (Å²) in [5.41, 5.74) is 2.83. The Labute approximate surface area is 140 Å². The van der Waals surface area contributed by atoms with Crippen LogP contribution in [-0.2, 0) is 6.42 Å². The number of nitro benzene ring substituents is 1. The fourth-order valence-electron chi connectivity index (χ4n) is 2.51. The maximum absolute atomic E-state index is 10.8. The van der Waals surface area contributed by atoms with Crippen LogP contribution in [0.1, 0.15) is 5.82 Å². The van der Waals surface area contributed by atoms with Crippen LogP contribution in [0.3, 0.4) is 0 Å². The lowest BCUT2D eigenvalue weighted by atomic mass is 10.3. The van der Waals surface area contributed by atoms with Gasteiger partial charge in [-0.2, -0.15) is 0 Å². The number of non-ortho nitro benzene ring substituents is 1. The summed E-state index contributed by atoms with van der Waals surface area (Å²) in [5.74, 6) is 0.917. The average molecular weight is 339 g/mol. The summed E-state index contributed by atoms with van der Waals surface area (Å²) in [5, 5.41) is 14.8. The van der Waals surface area contributed by atoms with E-state index in [1.807, 2.05) is 24.3 Å². The van der Waals surface area contributed by atoms with Crippen molar-refractivity contribution in [3.8, 4) is 0 Å². The molecule has 8 heteroatoms. The number of aromatic amines is 1. The van der Waals surface area contributed by atoms with Gasteiger partial charge in [0.1, 0.15) is 5.82 Å². The van der Waals surface area contributed by atoms with Crippen LogP contribution < -0.4 is 5.32 Å². The van der Waals surface area contributed by atoms with Crippen LogP contribution in [-0.4, -0.2) is 26.4 Å². The molecule has 0 fully saturated rings. The molecule has 2 heterocycles. The summed E-state index contributed by atoms with van der Waals surface area (Å²) in [6.07, 6.45) is 0.741. The second-order valence-electron chi connectivity index (χ2n) is 5.31. The molecule has 0 aliphatic rings. The van der Waals surface area contributed by atoms with Crippen LogP contribution in [0.5, 0.6) is 0 Å². The molecule has 4 aromatic rings. The first-order chi connectivity index (χ1) is 11.7. The SMILES string of the molecule is O=[N+]([O-])c1ccc2nc(NCCc3nc4ccccc4[nH]3)sc2c1. The summed E-state index contributed by atoms with van der Waals surface area (Å²) in [7, 11) is 0. The number of imidazole rings is 1. The summed E-state index contributed by atoms with van der Waals surface area (Å²) in [6, 6.07) is 12.6. The van der Waals surface area contributed by atoms with Crippen LogP contribution in [0.2, 0.25) is 0 Å². The molecule has 0 unspecified atom stereocenters. The van der Waals surface area contributed by atoms with Crippen molar-refractivity contribution in [1.82, 2.24) is 15.0 Å². The number of hydrogen-bond donors (Lipinski definition) is 2. The first kappa shape index (κ1) is 14.6. The molecule has 24 heavy (non-hydrogen) atoms. The van der Waals surface area contributed by atoms with Crippen molar-refractivity contribution in [2.24, 2.45) is 0 Å². The number of benzene rings is 2. The molecule has 7 nitrogen and oxygen atoms in total. The van der Waals surface area contributed by atoms with Gasteiger partial charge in [0, 0.05) is 25.1 Å². The molecule has 0 spiro atoms. The maximum atomic E-state index is 10.8. The first-order valence-corrected chi connectivity index (χ1v) is 8.23. The number of anilines is 1. The van der Waals surface area contributed by atoms with Gasteiger partial charge in [0.15, 0.2) is 5.13 Å². The zero-order chi connectivity index (χ0) is 16.5. The minimum Gasteiger partial charge on any atom is -0.361 e. The molecule has 120 valence electrons. The van der Waals surface area contributed by atoms with Gasteiger partial charge in [-0.15, -0.1) is 0 Å². The van der Waals surface area contributed by atoms with Gasteiger partial charge < -0.3 is 10.3 Å². The van der Waals surface area contributed by atoms with E-state index >= 15 is 0 Å². The summed E-state index contributed by atoms with van der Waals surface area (Å²) in [4.78, 5) is 22.7. The van der Waals surface area contributed by atoms with Crippen LogP contribution >= 0.6 is 11.3 Å². The number of hydrogen-bond acceptors (Lipinski definition) is 6. The largest absolute Gasteiger partial charge is 0.361 e. The van der Waals surface area contributed by atoms with Crippen LogP contribution in [0, 0.1) is 10.1 Å². The normalized spacial score (nSPS) is 11.2. The Kier molecular flexibility index (Phi) is 3.58. The molecule has 2 aromatic carbocycles. The van der Waals surface area contributed by atoms with Gasteiger partial charge in [0.2, 0.25) is 0 Å². The predicted octanol–water partition coefficient (Wildman–Crippen LogP) is 3.74. The summed E-state index contributed by atoms with van der Waals surface area (Å²) in [6.45, 7) is 0.682. The topological polar surface area (TPSA) is 96.7 Å². The standard InChI is InChI=1S/C16H13N5O2S/c22-21(23)10-5-6-13-14(9-10)24-16(20-13)17-8-7-15-18-11-3-1-2-4-12(11)19-15/h1-6,9H,7-8H2,(H,17,20)(H,18,19).